The fourth-order valence-corrected chi connectivity index (χ4v) is 2.33. The van der Waals surface area contributed by atoms with Crippen LogP contribution < -0.4 is 5.32 Å². The highest BCUT2D eigenvalue weighted by Gasteiger charge is 2.15. The number of hydrogen-bond acceptors (Lipinski definition) is 4. The first kappa shape index (κ1) is 14.3. The molecule has 6 nitrogen and oxygen atoms in total. The van der Waals surface area contributed by atoms with Crippen LogP contribution in [-0.2, 0) is 0 Å². The van der Waals surface area contributed by atoms with Crippen molar-refractivity contribution in [3.63, 3.8) is 0 Å². The van der Waals surface area contributed by atoms with E-state index in [1.807, 2.05) is 6.07 Å². The Balaban J connectivity index is 1.97. The maximum absolute atomic E-state index is 13.5. The first-order valence-corrected chi connectivity index (χ1v) is 7.02. The van der Waals surface area contributed by atoms with Crippen LogP contribution in [0.15, 0.2) is 53.3 Å². The van der Waals surface area contributed by atoms with E-state index in [0.717, 1.165) is 10.5 Å². The minimum absolute atomic E-state index is 0.132. The summed E-state index contributed by atoms with van der Waals surface area (Å²) in [6.07, 6.45) is 1.34. The highest BCUT2D eigenvalue weighted by atomic mass is 79.9. The number of anilines is 1. The van der Waals surface area contributed by atoms with E-state index in [1.165, 1.54) is 23.1 Å². The van der Waals surface area contributed by atoms with Crippen LogP contribution in [0.3, 0.4) is 0 Å². The van der Waals surface area contributed by atoms with Crippen molar-refractivity contribution >= 4 is 27.5 Å². The van der Waals surface area contributed by atoms with Gasteiger partial charge in [0.25, 0.3) is 5.91 Å². The molecule has 0 saturated heterocycles. The van der Waals surface area contributed by atoms with E-state index < -0.39 is 11.7 Å². The molecule has 0 fully saturated rings. The molecular formula is C14H9BrFN5O. The lowest BCUT2D eigenvalue weighted by molar-refractivity contribution is 0.102. The van der Waals surface area contributed by atoms with E-state index in [4.69, 9.17) is 0 Å². The third-order valence-electron chi connectivity index (χ3n) is 2.88. The average molecular weight is 362 g/mol. The fourth-order valence-electron chi connectivity index (χ4n) is 1.93. The zero-order chi connectivity index (χ0) is 15.5. The summed E-state index contributed by atoms with van der Waals surface area (Å²) in [5.41, 5.74) is 1.11. The van der Waals surface area contributed by atoms with Crippen LogP contribution >= 0.6 is 15.9 Å². The van der Waals surface area contributed by atoms with E-state index in [2.05, 4.69) is 36.8 Å². The second kappa shape index (κ2) is 6.02. The number of rotatable bonds is 3. The van der Waals surface area contributed by atoms with E-state index in [1.54, 1.807) is 18.2 Å². The summed E-state index contributed by atoms with van der Waals surface area (Å²) in [5.74, 6) is -0.973. The zero-order valence-electron chi connectivity index (χ0n) is 11.1. The van der Waals surface area contributed by atoms with Crippen molar-refractivity contribution in [2.75, 3.05) is 5.32 Å². The maximum atomic E-state index is 13.5. The van der Waals surface area contributed by atoms with Gasteiger partial charge in [0.1, 0.15) is 12.1 Å². The molecule has 0 saturated carbocycles. The molecule has 0 bridgehead atoms. The molecule has 0 aliphatic heterocycles. The summed E-state index contributed by atoms with van der Waals surface area (Å²) in [6.45, 7) is 0. The number of hydrogen-bond donors (Lipinski definition) is 1. The number of carbonyl (C=O) groups excluding carboxylic acids is 1. The van der Waals surface area contributed by atoms with Gasteiger partial charge in [0, 0.05) is 10.2 Å². The molecule has 0 radical (unpaired) electrons. The minimum Gasteiger partial charge on any atom is -0.322 e. The summed E-state index contributed by atoms with van der Waals surface area (Å²) >= 11 is 3.32. The van der Waals surface area contributed by atoms with Crippen LogP contribution in [0.25, 0.3) is 5.69 Å². The number of carbonyl (C=O) groups is 1. The van der Waals surface area contributed by atoms with E-state index in [-0.39, 0.29) is 5.56 Å². The van der Waals surface area contributed by atoms with Gasteiger partial charge in [-0.05, 0) is 46.8 Å². The largest absolute Gasteiger partial charge is 0.322 e. The topological polar surface area (TPSA) is 72.7 Å². The molecule has 8 heteroatoms. The number of nitrogens with one attached hydrogen (secondary N) is 1. The van der Waals surface area contributed by atoms with Gasteiger partial charge in [-0.3, -0.25) is 4.79 Å². The fraction of sp³-hybridized carbons (Fsp3) is 0. The molecule has 0 aliphatic carbocycles. The molecule has 2 aromatic carbocycles. The highest BCUT2D eigenvalue weighted by Crippen LogP contribution is 2.19. The third kappa shape index (κ3) is 3.01. The summed E-state index contributed by atoms with van der Waals surface area (Å²) in [5, 5.41) is 13.5. The van der Waals surface area contributed by atoms with Crippen molar-refractivity contribution in [2.45, 2.75) is 0 Å². The SMILES string of the molecule is O=C(Nc1cccc(Br)c1)c1cc(F)ccc1-n1cnnn1. The molecule has 3 rings (SSSR count). The molecule has 1 heterocycles. The molecule has 1 amide bonds. The standard InChI is InChI=1S/C14H9BrFN5O/c15-9-2-1-3-11(6-9)18-14(22)12-7-10(16)4-5-13(12)21-8-17-19-20-21/h1-8H,(H,18,22). The van der Waals surface area contributed by atoms with Crippen molar-refractivity contribution in [1.29, 1.82) is 0 Å². The smallest absolute Gasteiger partial charge is 0.257 e. The molecular weight excluding hydrogens is 353 g/mol. The van der Waals surface area contributed by atoms with Gasteiger partial charge >= 0.3 is 0 Å². The first-order chi connectivity index (χ1) is 10.6. The van der Waals surface area contributed by atoms with Crippen molar-refractivity contribution < 1.29 is 9.18 Å². The molecule has 3 aromatic rings. The Labute approximate surface area is 133 Å². The Hall–Kier alpha value is -2.61. The minimum atomic E-state index is -0.517. The first-order valence-electron chi connectivity index (χ1n) is 6.23. The van der Waals surface area contributed by atoms with Crippen molar-refractivity contribution in [2.24, 2.45) is 0 Å². The van der Waals surface area contributed by atoms with Gasteiger partial charge in [-0.1, -0.05) is 22.0 Å². The summed E-state index contributed by atoms with van der Waals surface area (Å²) in [4.78, 5) is 12.4. The predicted molar refractivity (Wildman–Crippen MR) is 81.2 cm³/mol. The van der Waals surface area contributed by atoms with E-state index in [0.29, 0.717) is 11.4 Å². The average Bonchev–Trinajstić information content (AvgIpc) is 3.01. The van der Waals surface area contributed by atoms with Crippen molar-refractivity contribution in [3.05, 3.63) is 64.6 Å². The number of nitrogens with zero attached hydrogens (tertiary/aromatic N) is 4. The van der Waals surface area contributed by atoms with Gasteiger partial charge in [0.15, 0.2) is 0 Å². The van der Waals surface area contributed by atoms with Crippen molar-refractivity contribution in [3.8, 4) is 5.69 Å². The Bertz CT molecular complexity index is 822. The van der Waals surface area contributed by atoms with Crippen LogP contribution in [0.1, 0.15) is 10.4 Å². The van der Waals surface area contributed by atoms with E-state index >= 15 is 0 Å². The molecule has 0 spiro atoms. The Morgan fingerprint density at radius 2 is 2.09 bits per heavy atom. The second-order valence-corrected chi connectivity index (χ2v) is 5.30. The Kier molecular flexibility index (Phi) is 3.92. The van der Waals surface area contributed by atoms with Gasteiger partial charge in [-0.2, -0.15) is 4.68 Å². The highest BCUT2D eigenvalue weighted by molar-refractivity contribution is 9.10. The van der Waals surface area contributed by atoms with Crippen LogP contribution in [0.5, 0.6) is 0 Å². The molecule has 0 atom stereocenters. The molecule has 0 aliphatic rings. The molecule has 1 N–H and O–H groups in total. The normalized spacial score (nSPS) is 10.5. The number of aromatic nitrogens is 4. The number of benzene rings is 2. The number of tetrazole rings is 1. The predicted octanol–water partition coefficient (Wildman–Crippen LogP) is 2.82. The van der Waals surface area contributed by atoms with Crippen LogP contribution in [0.4, 0.5) is 10.1 Å². The monoisotopic (exact) mass is 361 g/mol. The van der Waals surface area contributed by atoms with Gasteiger partial charge < -0.3 is 5.32 Å². The van der Waals surface area contributed by atoms with Crippen LogP contribution in [0, 0.1) is 5.82 Å². The Morgan fingerprint density at radius 3 is 2.82 bits per heavy atom. The van der Waals surface area contributed by atoms with Gasteiger partial charge in [0.05, 0.1) is 11.3 Å². The summed E-state index contributed by atoms with van der Waals surface area (Å²) < 4.78 is 15.6. The maximum Gasteiger partial charge on any atom is 0.257 e. The molecule has 22 heavy (non-hydrogen) atoms. The van der Waals surface area contributed by atoms with Crippen molar-refractivity contribution in [1.82, 2.24) is 20.2 Å². The second-order valence-electron chi connectivity index (χ2n) is 4.38. The number of amides is 1. The molecule has 1 aromatic heterocycles. The molecule has 110 valence electrons. The zero-order valence-corrected chi connectivity index (χ0v) is 12.7. The van der Waals surface area contributed by atoms with Gasteiger partial charge in [-0.15, -0.1) is 5.10 Å². The lowest BCUT2D eigenvalue weighted by Gasteiger charge is -2.10. The van der Waals surface area contributed by atoms with E-state index in [9.17, 15) is 9.18 Å². The number of halogens is 2. The third-order valence-corrected chi connectivity index (χ3v) is 3.37. The van der Waals surface area contributed by atoms with Crippen LogP contribution in [-0.4, -0.2) is 26.1 Å². The summed E-state index contributed by atoms with van der Waals surface area (Å²) in [7, 11) is 0. The van der Waals surface area contributed by atoms with Crippen LogP contribution in [0.2, 0.25) is 0 Å². The van der Waals surface area contributed by atoms with Gasteiger partial charge in [0.2, 0.25) is 0 Å². The summed E-state index contributed by atoms with van der Waals surface area (Å²) in [6, 6.07) is 10.9. The Morgan fingerprint density at radius 1 is 1.23 bits per heavy atom. The van der Waals surface area contributed by atoms with Gasteiger partial charge in [-0.25, -0.2) is 4.39 Å². The lowest BCUT2D eigenvalue weighted by atomic mass is 10.1. The lowest BCUT2D eigenvalue weighted by Crippen LogP contribution is -2.15. The molecule has 0 unspecified atom stereocenters. The quantitative estimate of drug-likeness (QED) is 0.778.